The van der Waals surface area contributed by atoms with Gasteiger partial charge < -0.3 is 25.0 Å². The van der Waals surface area contributed by atoms with E-state index in [1.807, 2.05) is 33.2 Å². The molecule has 2 N–H and O–H groups in total. The van der Waals surface area contributed by atoms with E-state index in [2.05, 4.69) is 30.5 Å². The number of amides is 1. The van der Waals surface area contributed by atoms with E-state index in [0.717, 1.165) is 43.8 Å². The van der Waals surface area contributed by atoms with Crippen LogP contribution in [-0.2, 0) is 10.2 Å². The zero-order chi connectivity index (χ0) is 23.1. The Hall–Kier alpha value is -2.44. The Labute approximate surface area is 187 Å². The topological polar surface area (TPSA) is 75.2 Å². The van der Waals surface area contributed by atoms with Crippen LogP contribution in [0.4, 0.5) is 0 Å². The van der Waals surface area contributed by atoms with E-state index < -0.39 is 0 Å². The van der Waals surface area contributed by atoms with Crippen LogP contribution < -0.4 is 20.1 Å². The van der Waals surface area contributed by atoms with E-state index in [9.17, 15) is 4.79 Å². The fourth-order valence-corrected chi connectivity index (χ4v) is 4.21. The fraction of sp³-hybridized carbons (Fsp3) is 0.667. The summed E-state index contributed by atoms with van der Waals surface area (Å²) in [5, 5.41) is 6.78. The molecule has 7 heteroatoms. The van der Waals surface area contributed by atoms with Crippen LogP contribution >= 0.6 is 0 Å². The summed E-state index contributed by atoms with van der Waals surface area (Å²) in [4.78, 5) is 19.4. The number of hydrogen-bond acceptors (Lipinski definition) is 4. The van der Waals surface area contributed by atoms with E-state index in [1.54, 1.807) is 19.1 Å². The van der Waals surface area contributed by atoms with Crippen molar-refractivity contribution < 1.29 is 14.3 Å². The van der Waals surface area contributed by atoms with Gasteiger partial charge in [-0.2, -0.15) is 0 Å². The van der Waals surface area contributed by atoms with Gasteiger partial charge in [-0.1, -0.05) is 32.8 Å². The second-order valence-electron chi connectivity index (χ2n) is 9.19. The summed E-state index contributed by atoms with van der Waals surface area (Å²) < 4.78 is 10.8. The number of rotatable bonds is 9. The smallest absolute Gasteiger partial charge is 0.230 e. The third-order valence-corrected chi connectivity index (χ3v) is 6.16. The maximum absolute atomic E-state index is 12.9. The molecule has 1 amide bonds. The highest BCUT2D eigenvalue weighted by atomic mass is 16.5. The van der Waals surface area contributed by atoms with Gasteiger partial charge in [-0.15, -0.1) is 0 Å². The normalized spacial score (nSPS) is 16.0. The molecule has 31 heavy (non-hydrogen) atoms. The van der Waals surface area contributed by atoms with E-state index >= 15 is 0 Å². The largest absolute Gasteiger partial charge is 0.493 e. The van der Waals surface area contributed by atoms with Crippen molar-refractivity contribution in [1.82, 2.24) is 15.5 Å². The molecule has 0 aromatic heterocycles. The molecule has 0 spiro atoms. The van der Waals surface area contributed by atoms with Crippen molar-refractivity contribution >= 4 is 11.9 Å². The van der Waals surface area contributed by atoms with Crippen molar-refractivity contribution in [1.29, 1.82) is 0 Å². The highest BCUT2D eigenvalue weighted by Crippen LogP contribution is 2.39. The number of carbonyl (C=O) groups is 1. The standard InChI is InChI=1S/C24H40N4O3/c1-8-25-22(27-17-24(13-9-10-14-24)21(29)28(4)5)26-16-23(2,3)18-11-12-19(30-6)20(15-18)31-7/h11-12,15H,8-10,13-14,16-17H2,1-7H3,(H2,25,26,27). The van der Waals surface area contributed by atoms with Gasteiger partial charge in [0.1, 0.15) is 0 Å². The monoisotopic (exact) mass is 432 g/mol. The molecule has 0 bridgehead atoms. The first-order chi connectivity index (χ1) is 14.7. The minimum absolute atomic E-state index is 0.202. The summed E-state index contributed by atoms with van der Waals surface area (Å²) in [6.07, 6.45) is 4.05. The molecule has 1 fully saturated rings. The summed E-state index contributed by atoms with van der Waals surface area (Å²) in [5.74, 6) is 2.38. The first kappa shape index (κ1) is 24.8. The Morgan fingerprint density at radius 2 is 1.77 bits per heavy atom. The van der Waals surface area contributed by atoms with Gasteiger partial charge in [0.25, 0.3) is 0 Å². The highest BCUT2D eigenvalue weighted by Gasteiger charge is 2.42. The molecule has 1 aliphatic carbocycles. The van der Waals surface area contributed by atoms with E-state index in [1.165, 1.54) is 0 Å². The second-order valence-corrected chi connectivity index (χ2v) is 9.19. The van der Waals surface area contributed by atoms with Crippen LogP contribution in [-0.4, -0.2) is 64.7 Å². The zero-order valence-corrected chi connectivity index (χ0v) is 20.3. The molecule has 0 atom stereocenters. The third kappa shape index (κ3) is 6.05. The van der Waals surface area contributed by atoms with Crippen LogP contribution in [0.5, 0.6) is 11.5 Å². The van der Waals surface area contributed by atoms with Gasteiger partial charge in [0.2, 0.25) is 5.91 Å². The molecule has 7 nitrogen and oxygen atoms in total. The minimum Gasteiger partial charge on any atom is -0.493 e. The number of guanidine groups is 1. The first-order valence-electron chi connectivity index (χ1n) is 11.2. The van der Waals surface area contributed by atoms with Crippen molar-refractivity contribution in [3.8, 4) is 11.5 Å². The van der Waals surface area contributed by atoms with E-state index in [0.29, 0.717) is 24.6 Å². The van der Waals surface area contributed by atoms with Gasteiger partial charge in [0.05, 0.1) is 26.2 Å². The van der Waals surface area contributed by atoms with Gasteiger partial charge in [0, 0.05) is 32.6 Å². The zero-order valence-electron chi connectivity index (χ0n) is 20.3. The lowest BCUT2D eigenvalue weighted by atomic mass is 9.84. The molecular formula is C24H40N4O3. The van der Waals surface area contributed by atoms with Gasteiger partial charge in [-0.05, 0) is 37.5 Å². The average Bonchev–Trinajstić information content (AvgIpc) is 3.24. The Balaban J connectivity index is 2.15. The lowest BCUT2D eigenvalue weighted by molar-refractivity contribution is -0.138. The molecule has 0 saturated heterocycles. The van der Waals surface area contributed by atoms with Gasteiger partial charge in [0.15, 0.2) is 17.5 Å². The molecule has 1 aliphatic rings. The SMILES string of the molecule is CCNC(=NCC(C)(C)c1ccc(OC)c(OC)c1)NCC1(C(=O)N(C)C)CCCC1. The first-order valence-corrected chi connectivity index (χ1v) is 11.2. The van der Waals surface area contributed by atoms with Gasteiger partial charge >= 0.3 is 0 Å². The predicted octanol–water partition coefficient (Wildman–Crippen LogP) is 3.19. The van der Waals surface area contributed by atoms with Gasteiger partial charge in [-0.3, -0.25) is 9.79 Å². The van der Waals surface area contributed by atoms with Crippen molar-refractivity contribution in [2.45, 2.75) is 51.9 Å². The number of benzene rings is 1. The number of methoxy groups -OCH3 is 2. The predicted molar refractivity (Wildman–Crippen MR) is 126 cm³/mol. The summed E-state index contributed by atoms with van der Waals surface area (Å²) >= 11 is 0. The molecule has 2 rings (SSSR count). The molecule has 0 radical (unpaired) electrons. The maximum Gasteiger partial charge on any atom is 0.230 e. The Kier molecular flexibility index (Phi) is 8.60. The molecule has 0 aliphatic heterocycles. The van der Waals surface area contributed by atoms with Crippen LogP contribution in [0.15, 0.2) is 23.2 Å². The number of carbonyl (C=O) groups excluding carboxylic acids is 1. The minimum atomic E-state index is -0.335. The number of aliphatic imine (C=N–C) groups is 1. The van der Waals surface area contributed by atoms with Crippen molar-refractivity contribution in [3.63, 3.8) is 0 Å². The summed E-state index contributed by atoms with van der Waals surface area (Å²) in [6, 6.07) is 6.00. The maximum atomic E-state index is 12.9. The van der Waals surface area contributed by atoms with Crippen molar-refractivity contribution in [2.75, 3.05) is 47.9 Å². The Bertz CT molecular complexity index is 768. The van der Waals surface area contributed by atoms with Crippen LogP contribution in [0, 0.1) is 5.41 Å². The van der Waals surface area contributed by atoms with E-state index in [4.69, 9.17) is 14.5 Å². The molecule has 1 saturated carbocycles. The average molecular weight is 433 g/mol. The van der Waals surface area contributed by atoms with Crippen molar-refractivity contribution in [2.24, 2.45) is 10.4 Å². The lowest BCUT2D eigenvalue weighted by Gasteiger charge is -2.31. The third-order valence-electron chi connectivity index (χ3n) is 6.16. The lowest BCUT2D eigenvalue weighted by Crippen LogP contribution is -2.49. The quantitative estimate of drug-likeness (QED) is 0.463. The molecule has 1 aromatic carbocycles. The number of nitrogens with one attached hydrogen (secondary N) is 2. The summed E-state index contributed by atoms with van der Waals surface area (Å²) in [7, 11) is 6.97. The number of ether oxygens (including phenoxy) is 2. The van der Waals surface area contributed by atoms with Crippen LogP contribution in [0.25, 0.3) is 0 Å². The fourth-order valence-electron chi connectivity index (χ4n) is 4.21. The second kappa shape index (κ2) is 10.7. The van der Waals surface area contributed by atoms with E-state index in [-0.39, 0.29) is 16.7 Å². The highest BCUT2D eigenvalue weighted by molar-refractivity contribution is 5.85. The number of hydrogen-bond donors (Lipinski definition) is 2. The van der Waals surface area contributed by atoms with Crippen LogP contribution in [0.2, 0.25) is 0 Å². The Morgan fingerprint density at radius 1 is 1.13 bits per heavy atom. The van der Waals surface area contributed by atoms with Gasteiger partial charge in [-0.25, -0.2) is 0 Å². The van der Waals surface area contributed by atoms with Crippen LogP contribution in [0.1, 0.15) is 52.0 Å². The van der Waals surface area contributed by atoms with Crippen LogP contribution in [0.3, 0.4) is 0 Å². The molecule has 174 valence electrons. The summed E-state index contributed by atoms with van der Waals surface area (Å²) in [5.41, 5.74) is 0.588. The molecule has 0 unspecified atom stereocenters. The Morgan fingerprint density at radius 3 is 2.32 bits per heavy atom. The molecular weight excluding hydrogens is 392 g/mol. The summed E-state index contributed by atoms with van der Waals surface area (Å²) in [6.45, 7) is 8.33. The molecule has 0 heterocycles. The molecule has 1 aromatic rings. The van der Waals surface area contributed by atoms with Crippen molar-refractivity contribution in [3.05, 3.63) is 23.8 Å². The number of nitrogens with zero attached hydrogens (tertiary/aromatic N) is 2.